The van der Waals surface area contributed by atoms with Crippen LogP contribution >= 0.6 is 0 Å². The van der Waals surface area contributed by atoms with E-state index in [2.05, 4.69) is 16.8 Å². The normalized spacial score (nSPS) is 18.4. The lowest BCUT2D eigenvalue weighted by atomic mass is 9.98. The molecule has 0 bridgehead atoms. The molecule has 4 nitrogen and oxygen atoms in total. The number of aryl methyl sites for hydroxylation is 1. The first kappa shape index (κ1) is 17.2. The monoisotopic (exact) mass is 317 g/mol. The van der Waals surface area contributed by atoms with E-state index < -0.39 is 0 Å². The summed E-state index contributed by atoms with van der Waals surface area (Å²) in [5.74, 6) is 0.205. The highest BCUT2D eigenvalue weighted by atomic mass is 19.1. The Morgan fingerprint density at radius 1 is 1.48 bits per heavy atom. The minimum Gasteiger partial charge on any atom is -0.403 e. The van der Waals surface area contributed by atoms with E-state index in [0.717, 1.165) is 37.9 Å². The number of rotatable bonds is 7. The fourth-order valence-electron chi connectivity index (χ4n) is 2.92. The average Bonchev–Trinajstić information content (AvgIpc) is 2.99. The van der Waals surface area contributed by atoms with Gasteiger partial charge in [0.25, 0.3) is 5.91 Å². The van der Waals surface area contributed by atoms with E-state index >= 15 is 0 Å². The zero-order valence-corrected chi connectivity index (χ0v) is 13.3. The van der Waals surface area contributed by atoms with Gasteiger partial charge in [-0.15, -0.1) is 0 Å². The minimum atomic E-state index is -0.207. The predicted molar refractivity (Wildman–Crippen MR) is 89.9 cm³/mol. The van der Waals surface area contributed by atoms with E-state index in [4.69, 9.17) is 5.73 Å². The van der Waals surface area contributed by atoms with Crippen molar-refractivity contribution in [2.45, 2.75) is 19.3 Å². The second-order valence-corrected chi connectivity index (χ2v) is 5.96. The van der Waals surface area contributed by atoms with Gasteiger partial charge in [0, 0.05) is 31.1 Å². The smallest absolute Gasteiger partial charge is 0.251 e. The van der Waals surface area contributed by atoms with E-state index in [1.165, 1.54) is 18.5 Å². The van der Waals surface area contributed by atoms with Crippen LogP contribution in [0.1, 0.15) is 18.4 Å². The summed E-state index contributed by atoms with van der Waals surface area (Å²) in [6.07, 6.45) is 5.47. The minimum absolute atomic E-state index is 0.125. The van der Waals surface area contributed by atoms with Gasteiger partial charge in [0.15, 0.2) is 0 Å². The van der Waals surface area contributed by atoms with Crippen molar-refractivity contribution in [2.75, 3.05) is 19.6 Å². The SMILES string of the molecule is C=C(CN1CCC(CCc2ccccc2F)C1)C(=O)N/C=C\N. The number of nitrogens with zero attached hydrogens (tertiary/aromatic N) is 1. The van der Waals surface area contributed by atoms with Crippen molar-refractivity contribution in [3.63, 3.8) is 0 Å². The molecule has 1 aliphatic rings. The summed E-state index contributed by atoms with van der Waals surface area (Å²) in [7, 11) is 0. The van der Waals surface area contributed by atoms with E-state index in [1.807, 2.05) is 12.1 Å². The summed E-state index contributed by atoms with van der Waals surface area (Å²) in [5, 5.41) is 2.56. The Morgan fingerprint density at radius 2 is 2.26 bits per heavy atom. The third-order valence-corrected chi connectivity index (χ3v) is 4.20. The second-order valence-electron chi connectivity index (χ2n) is 5.96. The fourth-order valence-corrected chi connectivity index (χ4v) is 2.92. The van der Waals surface area contributed by atoms with Crippen molar-refractivity contribution in [3.8, 4) is 0 Å². The molecular formula is C18H24FN3O. The summed E-state index contributed by atoms with van der Waals surface area (Å²) < 4.78 is 13.6. The van der Waals surface area contributed by atoms with Gasteiger partial charge in [0.1, 0.15) is 5.82 Å². The molecule has 2 rings (SSSR count). The third kappa shape index (κ3) is 5.21. The van der Waals surface area contributed by atoms with E-state index in [9.17, 15) is 9.18 Å². The highest BCUT2D eigenvalue weighted by Gasteiger charge is 2.23. The van der Waals surface area contributed by atoms with Gasteiger partial charge in [-0.3, -0.25) is 9.69 Å². The van der Waals surface area contributed by atoms with Crippen LogP contribution in [0.15, 0.2) is 48.8 Å². The van der Waals surface area contributed by atoms with Crippen molar-refractivity contribution in [1.29, 1.82) is 0 Å². The third-order valence-electron chi connectivity index (χ3n) is 4.20. The predicted octanol–water partition coefficient (Wildman–Crippen LogP) is 2.18. The lowest BCUT2D eigenvalue weighted by Gasteiger charge is -2.17. The first-order chi connectivity index (χ1) is 11.1. The van der Waals surface area contributed by atoms with Gasteiger partial charge in [-0.1, -0.05) is 24.8 Å². The summed E-state index contributed by atoms with van der Waals surface area (Å²) >= 11 is 0. The molecule has 0 aliphatic carbocycles. The molecule has 5 heteroatoms. The molecule has 0 saturated carbocycles. The van der Waals surface area contributed by atoms with Crippen molar-refractivity contribution >= 4 is 5.91 Å². The van der Waals surface area contributed by atoms with Gasteiger partial charge < -0.3 is 11.1 Å². The largest absolute Gasteiger partial charge is 0.403 e. The molecule has 1 amide bonds. The van der Waals surface area contributed by atoms with Crippen LogP contribution in [0, 0.1) is 11.7 Å². The first-order valence-electron chi connectivity index (χ1n) is 7.91. The number of likely N-dealkylation sites (tertiary alicyclic amines) is 1. The molecular weight excluding hydrogens is 293 g/mol. The maximum absolute atomic E-state index is 13.6. The number of benzene rings is 1. The standard InChI is InChI=1S/C18H24FN3O/c1-14(18(23)21-10-9-20)12-22-11-8-15(13-22)6-7-16-4-2-3-5-17(16)19/h2-5,9-10,15H,1,6-8,11-13,20H2,(H,21,23)/b10-9-. The fraction of sp³-hybridized carbons (Fsp3) is 0.389. The topological polar surface area (TPSA) is 58.4 Å². The zero-order valence-electron chi connectivity index (χ0n) is 13.3. The van der Waals surface area contributed by atoms with Crippen LogP contribution in [0.3, 0.4) is 0 Å². The number of carbonyl (C=O) groups excluding carboxylic acids is 1. The Kier molecular flexibility index (Phi) is 6.35. The number of hydrogen-bond acceptors (Lipinski definition) is 3. The molecule has 1 aliphatic heterocycles. The Morgan fingerprint density at radius 3 is 3.00 bits per heavy atom. The number of hydrogen-bond donors (Lipinski definition) is 2. The van der Waals surface area contributed by atoms with Crippen LogP contribution in [-0.2, 0) is 11.2 Å². The van der Waals surface area contributed by atoms with Gasteiger partial charge in [-0.25, -0.2) is 4.39 Å². The first-order valence-corrected chi connectivity index (χ1v) is 7.91. The van der Waals surface area contributed by atoms with Crippen molar-refractivity contribution in [3.05, 3.63) is 60.2 Å². The quantitative estimate of drug-likeness (QED) is 0.758. The molecule has 3 N–H and O–H groups in total. The summed E-state index contributed by atoms with van der Waals surface area (Å²) in [4.78, 5) is 14.0. The molecule has 1 saturated heterocycles. The number of carbonyl (C=O) groups is 1. The summed E-state index contributed by atoms with van der Waals surface area (Å²) in [6, 6.07) is 6.94. The molecule has 1 atom stereocenters. The Bertz CT molecular complexity index is 585. The zero-order chi connectivity index (χ0) is 16.7. The van der Waals surface area contributed by atoms with Crippen molar-refractivity contribution in [1.82, 2.24) is 10.2 Å². The highest BCUT2D eigenvalue weighted by molar-refractivity contribution is 5.93. The maximum Gasteiger partial charge on any atom is 0.251 e. The number of nitrogens with one attached hydrogen (secondary N) is 1. The Balaban J connectivity index is 1.74. The Labute approximate surface area is 136 Å². The lowest BCUT2D eigenvalue weighted by molar-refractivity contribution is -0.116. The molecule has 1 fully saturated rings. The molecule has 1 aromatic rings. The molecule has 23 heavy (non-hydrogen) atoms. The molecule has 0 radical (unpaired) electrons. The molecule has 0 aromatic heterocycles. The molecule has 124 valence electrons. The molecule has 1 aromatic carbocycles. The summed E-state index contributed by atoms with van der Waals surface area (Å²) in [5.41, 5.74) is 6.50. The van der Waals surface area contributed by atoms with E-state index in [1.54, 1.807) is 6.07 Å². The van der Waals surface area contributed by atoms with Crippen LogP contribution in [0.4, 0.5) is 4.39 Å². The van der Waals surface area contributed by atoms with Crippen LogP contribution in [0.2, 0.25) is 0 Å². The summed E-state index contributed by atoms with van der Waals surface area (Å²) in [6.45, 7) is 6.25. The average molecular weight is 317 g/mol. The van der Waals surface area contributed by atoms with Gasteiger partial charge in [-0.05, 0) is 43.4 Å². The number of halogens is 1. The second kappa shape index (κ2) is 8.48. The highest BCUT2D eigenvalue weighted by Crippen LogP contribution is 2.22. The van der Waals surface area contributed by atoms with E-state index in [-0.39, 0.29) is 11.7 Å². The van der Waals surface area contributed by atoms with Crippen LogP contribution < -0.4 is 11.1 Å². The van der Waals surface area contributed by atoms with Crippen LogP contribution in [0.25, 0.3) is 0 Å². The molecule has 0 spiro atoms. The van der Waals surface area contributed by atoms with Gasteiger partial charge in [0.05, 0.1) is 0 Å². The van der Waals surface area contributed by atoms with Crippen molar-refractivity contribution in [2.24, 2.45) is 11.7 Å². The van der Waals surface area contributed by atoms with Gasteiger partial charge in [0.2, 0.25) is 0 Å². The van der Waals surface area contributed by atoms with Gasteiger partial charge in [-0.2, -0.15) is 0 Å². The number of amides is 1. The molecule has 1 heterocycles. The lowest BCUT2D eigenvalue weighted by Crippen LogP contribution is -2.29. The number of nitrogens with two attached hydrogens (primary N) is 1. The van der Waals surface area contributed by atoms with Crippen LogP contribution in [-0.4, -0.2) is 30.4 Å². The Hall–Kier alpha value is -2.14. The van der Waals surface area contributed by atoms with E-state index in [0.29, 0.717) is 18.0 Å². The van der Waals surface area contributed by atoms with Gasteiger partial charge >= 0.3 is 0 Å². The maximum atomic E-state index is 13.6. The molecule has 1 unspecified atom stereocenters. The van der Waals surface area contributed by atoms with Crippen molar-refractivity contribution < 1.29 is 9.18 Å². The van der Waals surface area contributed by atoms with Crippen LogP contribution in [0.5, 0.6) is 0 Å².